The highest BCUT2D eigenvalue weighted by atomic mass is 19.4. The fourth-order valence-corrected chi connectivity index (χ4v) is 2.49. The van der Waals surface area contributed by atoms with Gasteiger partial charge in [-0.3, -0.25) is 0 Å². The van der Waals surface area contributed by atoms with Crippen molar-refractivity contribution in [3.8, 4) is 11.8 Å². The second kappa shape index (κ2) is 5.23. The number of rotatable bonds is 2. The van der Waals surface area contributed by atoms with Gasteiger partial charge >= 0.3 is 12.2 Å². The number of H-pyrrole nitrogens is 1. The van der Waals surface area contributed by atoms with Crippen LogP contribution in [0.2, 0.25) is 0 Å². The van der Waals surface area contributed by atoms with Gasteiger partial charge in [-0.05, 0) is 24.3 Å². The average molecular weight is 329 g/mol. The largest absolute Gasteiger partial charge is 0.424 e. The van der Waals surface area contributed by atoms with Crippen molar-refractivity contribution in [2.45, 2.75) is 6.18 Å². The van der Waals surface area contributed by atoms with Gasteiger partial charge in [0.05, 0.1) is 5.52 Å². The Balaban J connectivity index is 1.82. The van der Waals surface area contributed by atoms with Gasteiger partial charge in [0.15, 0.2) is 0 Å². The minimum atomic E-state index is -4.55. The number of nitrogens with one attached hydrogen (secondary N) is 1. The first-order valence-corrected chi connectivity index (χ1v) is 7.09. The number of ether oxygens (including phenoxy) is 1. The van der Waals surface area contributed by atoms with Crippen LogP contribution in [0.4, 0.5) is 13.2 Å². The summed E-state index contributed by atoms with van der Waals surface area (Å²) in [6.07, 6.45) is -1.47. The van der Waals surface area contributed by atoms with E-state index in [1.54, 1.807) is 24.4 Å². The van der Waals surface area contributed by atoms with Crippen LogP contribution in [0, 0.1) is 0 Å². The Kier molecular flexibility index (Phi) is 3.16. The third-order valence-corrected chi connectivity index (χ3v) is 3.63. The van der Waals surface area contributed by atoms with Gasteiger partial charge in [-0.15, -0.1) is 0 Å². The summed E-state index contributed by atoms with van der Waals surface area (Å²) in [5.41, 5.74) is 0.0992. The molecule has 0 atom stereocenters. The molecule has 2 heterocycles. The number of benzene rings is 2. The van der Waals surface area contributed by atoms with E-state index in [0.29, 0.717) is 16.4 Å². The summed E-state index contributed by atoms with van der Waals surface area (Å²) in [5, 5.41) is 1.39. The molecule has 7 heteroatoms. The Morgan fingerprint density at radius 2 is 1.83 bits per heavy atom. The molecule has 1 N–H and O–H groups in total. The minimum absolute atomic E-state index is 0.130. The lowest BCUT2D eigenvalue weighted by Gasteiger charge is -2.13. The molecule has 0 spiro atoms. The Morgan fingerprint density at radius 1 is 1.00 bits per heavy atom. The first-order valence-electron chi connectivity index (χ1n) is 7.09. The number of hydrogen-bond donors (Lipinski definition) is 1. The number of aromatic nitrogens is 3. The molecule has 0 aliphatic rings. The third-order valence-electron chi connectivity index (χ3n) is 3.63. The molecule has 120 valence electrons. The maximum atomic E-state index is 13.3. The Labute approximate surface area is 133 Å². The van der Waals surface area contributed by atoms with Gasteiger partial charge in [0.2, 0.25) is 0 Å². The molecule has 2 aromatic carbocycles. The van der Waals surface area contributed by atoms with E-state index >= 15 is 0 Å². The van der Waals surface area contributed by atoms with E-state index in [1.165, 1.54) is 12.3 Å². The smallest absolute Gasteiger partial charge is 0.420 e. The summed E-state index contributed by atoms with van der Waals surface area (Å²) < 4.78 is 45.3. The van der Waals surface area contributed by atoms with Crippen molar-refractivity contribution in [1.82, 2.24) is 15.0 Å². The van der Waals surface area contributed by atoms with E-state index in [9.17, 15) is 13.2 Å². The van der Waals surface area contributed by atoms with Crippen molar-refractivity contribution in [2.24, 2.45) is 0 Å². The first-order chi connectivity index (χ1) is 11.5. The molecule has 0 aliphatic heterocycles. The standard InChI is InChI=1S/C17H10F3N3O/c18-17(19,20)12-8-14-10(5-6-21-14)7-15(12)24-16-22-9-11-3-1-2-4-13(11)23-16/h1-9,21H. The van der Waals surface area contributed by atoms with Gasteiger partial charge < -0.3 is 9.72 Å². The van der Waals surface area contributed by atoms with E-state index in [2.05, 4.69) is 15.0 Å². The molecule has 24 heavy (non-hydrogen) atoms. The average Bonchev–Trinajstić information content (AvgIpc) is 3.00. The van der Waals surface area contributed by atoms with Gasteiger partial charge in [-0.25, -0.2) is 4.98 Å². The molecular formula is C17H10F3N3O. The van der Waals surface area contributed by atoms with Crippen molar-refractivity contribution in [1.29, 1.82) is 0 Å². The Bertz CT molecular complexity index is 1040. The van der Waals surface area contributed by atoms with E-state index in [-0.39, 0.29) is 11.8 Å². The fourth-order valence-electron chi connectivity index (χ4n) is 2.49. The Hall–Kier alpha value is -3.09. The molecular weight excluding hydrogens is 319 g/mol. The summed E-state index contributed by atoms with van der Waals surface area (Å²) in [6.45, 7) is 0. The number of nitrogens with zero attached hydrogens (tertiary/aromatic N) is 2. The van der Waals surface area contributed by atoms with Gasteiger partial charge in [0, 0.05) is 28.7 Å². The Morgan fingerprint density at radius 3 is 2.67 bits per heavy atom. The van der Waals surface area contributed by atoms with Crippen molar-refractivity contribution < 1.29 is 17.9 Å². The lowest BCUT2D eigenvalue weighted by Crippen LogP contribution is -2.07. The second-order valence-corrected chi connectivity index (χ2v) is 5.22. The topological polar surface area (TPSA) is 50.8 Å². The zero-order valence-electron chi connectivity index (χ0n) is 12.1. The van der Waals surface area contributed by atoms with Gasteiger partial charge in [0.1, 0.15) is 11.3 Å². The van der Waals surface area contributed by atoms with Crippen LogP contribution in [0.5, 0.6) is 11.8 Å². The maximum Gasteiger partial charge on any atom is 0.420 e. The van der Waals surface area contributed by atoms with Crippen LogP contribution in [0.3, 0.4) is 0 Å². The second-order valence-electron chi connectivity index (χ2n) is 5.22. The monoisotopic (exact) mass is 329 g/mol. The van der Waals surface area contributed by atoms with Crippen LogP contribution >= 0.6 is 0 Å². The van der Waals surface area contributed by atoms with E-state index < -0.39 is 11.7 Å². The maximum absolute atomic E-state index is 13.3. The number of para-hydroxylation sites is 1. The molecule has 0 amide bonds. The molecule has 0 saturated carbocycles. The quantitative estimate of drug-likeness (QED) is 0.568. The number of aromatic amines is 1. The van der Waals surface area contributed by atoms with Crippen LogP contribution in [0.1, 0.15) is 5.56 Å². The summed E-state index contributed by atoms with van der Waals surface area (Å²) in [7, 11) is 0. The van der Waals surface area contributed by atoms with Crippen LogP contribution in [0.15, 0.2) is 54.9 Å². The summed E-state index contributed by atoms with van der Waals surface area (Å²) in [5.74, 6) is -0.329. The lowest BCUT2D eigenvalue weighted by atomic mass is 10.1. The summed E-state index contributed by atoms with van der Waals surface area (Å²) in [6, 6.07) is 11.0. The normalized spacial score (nSPS) is 12.0. The molecule has 0 saturated heterocycles. The summed E-state index contributed by atoms with van der Waals surface area (Å²) >= 11 is 0. The number of fused-ring (bicyclic) bond motifs is 2. The molecule has 4 aromatic rings. The molecule has 0 unspecified atom stereocenters. The zero-order chi connectivity index (χ0) is 16.7. The number of hydrogen-bond acceptors (Lipinski definition) is 3. The summed E-state index contributed by atoms with van der Waals surface area (Å²) in [4.78, 5) is 10.9. The number of halogens is 3. The van der Waals surface area contributed by atoms with Crippen LogP contribution in [-0.4, -0.2) is 15.0 Å². The number of alkyl halides is 3. The molecule has 2 aromatic heterocycles. The predicted molar refractivity (Wildman–Crippen MR) is 82.9 cm³/mol. The van der Waals surface area contributed by atoms with Crippen molar-refractivity contribution in [3.63, 3.8) is 0 Å². The van der Waals surface area contributed by atoms with Crippen molar-refractivity contribution >= 4 is 21.8 Å². The highest BCUT2D eigenvalue weighted by Gasteiger charge is 2.35. The minimum Gasteiger partial charge on any atom is -0.424 e. The molecule has 0 aliphatic carbocycles. The van der Waals surface area contributed by atoms with Gasteiger partial charge in [0.25, 0.3) is 0 Å². The molecule has 0 bridgehead atoms. The molecule has 0 radical (unpaired) electrons. The molecule has 0 fully saturated rings. The highest BCUT2D eigenvalue weighted by molar-refractivity contribution is 5.82. The van der Waals surface area contributed by atoms with E-state index in [1.807, 2.05) is 12.1 Å². The fraction of sp³-hybridized carbons (Fsp3) is 0.0588. The lowest BCUT2D eigenvalue weighted by molar-refractivity contribution is -0.138. The molecule has 4 rings (SSSR count). The van der Waals surface area contributed by atoms with E-state index in [0.717, 1.165) is 11.5 Å². The SMILES string of the molecule is FC(F)(F)c1cc2[nH]ccc2cc1Oc1ncc2ccccc2n1. The van der Waals surface area contributed by atoms with Crippen LogP contribution < -0.4 is 4.74 Å². The zero-order valence-corrected chi connectivity index (χ0v) is 12.1. The van der Waals surface area contributed by atoms with Crippen LogP contribution in [0.25, 0.3) is 21.8 Å². The molecule has 4 nitrogen and oxygen atoms in total. The predicted octanol–water partition coefficient (Wildman–Crippen LogP) is 4.92. The van der Waals surface area contributed by atoms with Gasteiger partial charge in [-0.1, -0.05) is 18.2 Å². The third kappa shape index (κ3) is 2.54. The van der Waals surface area contributed by atoms with Gasteiger partial charge in [-0.2, -0.15) is 18.2 Å². The first kappa shape index (κ1) is 14.5. The highest BCUT2D eigenvalue weighted by Crippen LogP contribution is 2.39. The van der Waals surface area contributed by atoms with E-state index in [4.69, 9.17) is 4.74 Å². The van der Waals surface area contributed by atoms with Crippen molar-refractivity contribution in [2.75, 3.05) is 0 Å². The van der Waals surface area contributed by atoms with Crippen LogP contribution in [-0.2, 0) is 6.18 Å². The van der Waals surface area contributed by atoms with Crippen molar-refractivity contribution in [3.05, 3.63) is 60.4 Å².